The number of benzene rings is 2. The molecule has 2 amide bonds. The normalized spacial score (nSPS) is 16.4. The number of anilines is 2. The Balaban J connectivity index is 1.46. The smallest absolute Gasteiger partial charge is 0.229 e. The Hall–Kier alpha value is -3.28. The summed E-state index contributed by atoms with van der Waals surface area (Å²) in [6, 6.07) is 15.3. The van der Waals surface area contributed by atoms with Crippen LogP contribution in [0.25, 0.3) is 10.9 Å². The number of hydrogen-bond donors (Lipinski definition) is 1. The maximum atomic E-state index is 12.8. The van der Waals surface area contributed by atoms with E-state index in [9.17, 15) is 9.59 Å². The van der Waals surface area contributed by atoms with Gasteiger partial charge < -0.3 is 19.5 Å². The van der Waals surface area contributed by atoms with Crippen molar-refractivity contribution in [2.45, 2.75) is 26.3 Å². The lowest BCUT2D eigenvalue weighted by atomic mass is 10.1. The summed E-state index contributed by atoms with van der Waals surface area (Å²) >= 11 is 0. The van der Waals surface area contributed by atoms with Crippen LogP contribution >= 0.6 is 0 Å². The van der Waals surface area contributed by atoms with Crippen LogP contribution < -0.4 is 15.0 Å². The highest BCUT2D eigenvalue weighted by atomic mass is 16.5. The van der Waals surface area contributed by atoms with Crippen LogP contribution in [0, 0.1) is 5.92 Å². The number of fused-ring (bicyclic) bond motifs is 1. The second-order valence-corrected chi connectivity index (χ2v) is 7.38. The zero-order chi connectivity index (χ0) is 20.4. The molecule has 0 saturated carbocycles. The number of nitrogens with zero attached hydrogens (tertiary/aromatic N) is 2. The Morgan fingerprint density at radius 3 is 2.69 bits per heavy atom. The van der Waals surface area contributed by atoms with Crippen LogP contribution in [0.4, 0.5) is 11.4 Å². The highest BCUT2D eigenvalue weighted by Crippen LogP contribution is 2.28. The summed E-state index contributed by atoms with van der Waals surface area (Å²) in [4.78, 5) is 26.9. The SMILES string of the molecule is CCCn1ccc2ccc(NC(=O)[C@@H]3CC(=O)N(c4ccc(OC)cc4)C3)cc21. The van der Waals surface area contributed by atoms with Gasteiger partial charge in [0.25, 0.3) is 0 Å². The molecule has 1 aliphatic rings. The van der Waals surface area contributed by atoms with E-state index in [-0.39, 0.29) is 24.2 Å². The molecule has 0 radical (unpaired) electrons. The number of aromatic nitrogens is 1. The first-order valence-corrected chi connectivity index (χ1v) is 9.93. The fraction of sp³-hybridized carbons (Fsp3) is 0.304. The van der Waals surface area contributed by atoms with Crippen molar-refractivity contribution in [1.82, 2.24) is 4.57 Å². The summed E-state index contributed by atoms with van der Waals surface area (Å²) in [7, 11) is 1.60. The first-order valence-electron chi connectivity index (χ1n) is 9.93. The number of carbonyl (C=O) groups excluding carboxylic acids is 2. The number of carbonyl (C=O) groups is 2. The van der Waals surface area contributed by atoms with Crippen molar-refractivity contribution in [3.8, 4) is 5.75 Å². The van der Waals surface area contributed by atoms with Gasteiger partial charge in [0.05, 0.1) is 18.5 Å². The Kier molecular flexibility index (Phi) is 5.25. The molecule has 29 heavy (non-hydrogen) atoms. The van der Waals surface area contributed by atoms with Crippen LogP contribution in [-0.4, -0.2) is 30.0 Å². The standard InChI is InChI=1S/C23H25N3O3/c1-3-11-25-12-10-16-4-5-18(14-21(16)25)24-23(28)17-13-22(27)26(15-17)19-6-8-20(29-2)9-7-19/h4-10,12,14,17H,3,11,13,15H2,1-2H3,(H,24,28)/t17-/m1/s1. The van der Waals surface area contributed by atoms with Gasteiger partial charge in [0.2, 0.25) is 11.8 Å². The minimum absolute atomic E-state index is 0.0393. The molecule has 1 saturated heterocycles. The van der Waals surface area contributed by atoms with E-state index < -0.39 is 0 Å². The van der Waals surface area contributed by atoms with Gasteiger partial charge in [0, 0.05) is 37.1 Å². The summed E-state index contributed by atoms with van der Waals surface area (Å²) in [6.45, 7) is 3.46. The predicted octanol–water partition coefficient (Wildman–Crippen LogP) is 4.05. The number of rotatable bonds is 6. The lowest BCUT2D eigenvalue weighted by Gasteiger charge is -2.17. The lowest BCUT2D eigenvalue weighted by molar-refractivity contribution is -0.122. The van der Waals surface area contributed by atoms with Crippen molar-refractivity contribution in [2.24, 2.45) is 5.92 Å². The molecule has 1 aliphatic heterocycles. The zero-order valence-electron chi connectivity index (χ0n) is 16.7. The van der Waals surface area contributed by atoms with Crippen LogP contribution in [0.1, 0.15) is 19.8 Å². The van der Waals surface area contributed by atoms with E-state index in [1.54, 1.807) is 12.0 Å². The maximum absolute atomic E-state index is 12.8. The zero-order valence-corrected chi connectivity index (χ0v) is 16.7. The van der Waals surface area contributed by atoms with Gasteiger partial charge in [0.1, 0.15) is 5.75 Å². The van der Waals surface area contributed by atoms with E-state index in [4.69, 9.17) is 4.74 Å². The van der Waals surface area contributed by atoms with Crippen LogP contribution in [0.2, 0.25) is 0 Å². The molecule has 0 aliphatic carbocycles. The van der Waals surface area contributed by atoms with Crippen LogP contribution in [0.3, 0.4) is 0 Å². The van der Waals surface area contributed by atoms with Gasteiger partial charge >= 0.3 is 0 Å². The van der Waals surface area contributed by atoms with Gasteiger partial charge in [-0.2, -0.15) is 0 Å². The molecule has 0 bridgehead atoms. The van der Waals surface area contributed by atoms with E-state index in [0.717, 1.165) is 41.0 Å². The summed E-state index contributed by atoms with van der Waals surface area (Å²) < 4.78 is 7.35. The molecule has 3 aromatic rings. The Morgan fingerprint density at radius 2 is 1.97 bits per heavy atom. The molecule has 6 heteroatoms. The first-order chi connectivity index (χ1) is 14.1. The number of aryl methyl sites for hydroxylation is 1. The molecular formula is C23H25N3O3. The molecule has 2 aromatic carbocycles. The van der Waals surface area contributed by atoms with E-state index in [0.29, 0.717) is 6.54 Å². The van der Waals surface area contributed by atoms with Gasteiger partial charge in [-0.3, -0.25) is 9.59 Å². The van der Waals surface area contributed by atoms with Gasteiger partial charge in [-0.15, -0.1) is 0 Å². The Morgan fingerprint density at radius 1 is 1.17 bits per heavy atom. The largest absolute Gasteiger partial charge is 0.497 e. The van der Waals surface area contributed by atoms with Crippen molar-refractivity contribution in [3.63, 3.8) is 0 Å². The van der Waals surface area contributed by atoms with E-state index in [1.807, 2.05) is 42.5 Å². The third-order valence-electron chi connectivity index (χ3n) is 5.39. The highest BCUT2D eigenvalue weighted by Gasteiger charge is 2.35. The quantitative estimate of drug-likeness (QED) is 0.689. The first kappa shape index (κ1) is 19.1. The molecule has 1 atom stereocenters. The molecule has 1 fully saturated rings. The van der Waals surface area contributed by atoms with Crippen molar-refractivity contribution >= 4 is 34.1 Å². The van der Waals surface area contributed by atoms with Gasteiger partial charge in [-0.1, -0.05) is 13.0 Å². The number of nitrogens with one attached hydrogen (secondary N) is 1. The fourth-order valence-corrected chi connectivity index (χ4v) is 3.84. The summed E-state index contributed by atoms with van der Waals surface area (Å²) in [5.74, 6) is 0.200. The minimum Gasteiger partial charge on any atom is -0.497 e. The molecule has 2 heterocycles. The molecule has 4 rings (SSSR count). The van der Waals surface area contributed by atoms with Crippen molar-refractivity contribution in [3.05, 3.63) is 54.7 Å². The second kappa shape index (κ2) is 7.99. The highest BCUT2D eigenvalue weighted by molar-refractivity contribution is 6.04. The molecule has 1 N–H and O–H groups in total. The summed E-state index contributed by atoms with van der Waals surface area (Å²) in [5.41, 5.74) is 2.64. The summed E-state index contributed by atoms with van der Waals surface area (Å²) in [6.07, 6.45) is 3.33. The maximum Gasteiger partial charge on any atom is 0.229 e. The van der Waals surface area contributed by atoms with Crippen LogP contribution in [-0.2, 0) is 16.1 Å². The van der Waals surface area contributed by atoms with Crippen LogP contribution in [0.5, 0.6) is 5.75 Å². The van der Waals surface area contributed by atoms with Crippen molar-refractivity contribution in [1.29, 1.82) is 0 Å². The third kappa shape index (κ3) is 3.83. The predicted molar refractivity (Wildman–Crippen MR) is 114 cm³/mol. The molecular weight excluding hydrogens is 366 g/mol. The second-order valence-electron chi connectivity index (χ2n) is 7.38. The number of ether oxygens (including phenoxy) is 1. The van der Waals surface area contributed by atoms with E-state index in [2.05, 4.69) is 29.1 Å². The average Bonchev–Trinajstić information content (AvgIpc) is 3.32. The molecule has 1 aromatic heterocycles. The van der Waals surface area contributed by atoms with Crippen LogP contribution in [0.15, 0.2) is 54.7 Å². The fourth-order valence-electron chi connectivity index (χ4n) is 3.84. The molecule has 150 valence electrons. The van der Waals surface area contributed by atoms with Gasteiger partial charge in [-0.25, -0.2) is 0 Å². The number of hydrogen-bond acceptors (Lipinski definition) is 3. The van der Waals surface area contributed by atoms with Gasteiger partial charge in [0.15, 0.2) is 0 Å². The van der Waals surface area contributed by atoms with E-state index >= 15 is 0 Å². The summed E-state index contributed by atoms with van der Waals surface area (Å²) in [5, 5.41) is 4.15. The monoisotopic (exact) mass is 391 g/mol. The average molecular weight is 391 g/mol. The molecule has 0 unspecified atom stereocenters. The molecule has 6 nitrogen and oxygen atoms in total. The van der Waals surface area contributed by atoms with Gasteiger partial charge in [-0.05, 0) is 54.3 Å². The topological polar surface area (TPSA) is 63.6 Å². The van der Waals surface area contributed by atoms with Crippen molar-refractivity contribution in [2.75, 3.05) is 23.9 Å². The van der Waals surface area contributed by atoms with E-state index in [1.165, 1.54) is 0 Å². The number of methoxy groups -OCH3 is 1. The molecule has 0 spiro atoms. The lowest BCUT2D eigenvalue weighted by Crippen LogP contribution is -2.28. The Labute approximate surface area is 170 Å². The third-order valence-corrected chi connectivity index (χ3v) is 5.39. The van der Waals surface area contributed by atoms with Crippen molar-refractivity contribution < 1.29 is 14.3 Å². The number of amides is 2. The minimum atomic E-state index is -0.372. The Bertz CT molecular complexity index is 1040.